The largest absolute Gasteiger partial charge is 0.492 e. The molecule has 2 aromatic carbocycles. The van der Waals surface area contributed by atoms with Crippen LogP contribution in [0.4, 0.5) is 0 Å². The van der Waals surface area contributed by atoms with E-state index in [1.165, 1.54) is 6.92 Å². The van der Waals surface area contributed by atoms with Crippen LogP contribution in [0, 0.1) is 0 Å². The van der Waals surface area contributed by atoms with Gasteiger partial charge in [-0.15, -0.1) is 0 Å². The first-order valence-corrected chi connectivity index (χ1v) is 8.99. The average molecular weight is 368 g/mol. The molecule has 0 aliphatic carbocycles. The molecular formula is C22H24O5. The Kier molecular flexibility index (Phi) is 7.02. The second-order valence-corrected chi connectivity index (χ2v) is 6.34. The van der Waals surface area contributed by atoms with E-state index in [9.17, 15) is 4.79 Å². The fourth-order valence-corrected chi connectivity index (χ4v) is 2.88. The molecule has 1 unspecified atom stereocenters. The van der Waals surface area contributed by atoms with E-state index in [4.69, 9.17) is 18.9 Å². The lowest BCUT2D eigenvalue weighted by atomic mass is 10.1. The van der Waals surface area contributed by atoms with Crippen LogP contribution in [0.15, 0.2) is 73.0 Å². The van der Waals surface area contributed by atoms with Crippen LogP contribution in [-0.4, -0.2) is 30.9 Å². The van der Waals surface area contributed by atoms with Crippen LogP contribution in [0.3, 0.4) is 0 Å². The van der Waals surface area contributed by atoms with Gasteiger partial charge in [0, 0.05) is 6.92 Å². The number of carbonyl (C=O) groups is 1. The van der Waals surface area contributed by atoms with Crippen LogP contribution in [0.5, 0.6) is 0 Å². The lowest BCUT2D eigenvalue weighted by molar-refractivity contribution is -0.172. The minimum absolute atomic E-state index is 0.294. The number of rotatable bonds is 8. The van der Waals surface area contributed by atoms with E-state index < -0.39 is 18.3 Å². The molecule has 27 heavy (non-hydrogen) atoms. The molecule has 0 fully saturated rings. The minimum atomic E-state index is -0.563. The molecule has 142 valence electrons. The Balaban J connectivity index is 1.58. The molecule has 0 N–H and O–H groups in total. The molecule has 2 aromatic rings. The third-order valence-corrected chi connectivity index (χ3v) is 4.19. The summed E-state index contributed by atoms with van der Waals surface area (Å²) in [6.45, 7) is 2.56. The van der Waals surface area contributed by atoms with Crippen LogP contribution in [-0.2, 0) is 37.0 Å². The molecule has 0 aromatic heterocycles. The summed E-state index contributed by atoms with van der Waals surface area (Å²) in [5, 5.41) is 0. The number of hydrogen-bond donors (Lipinski definition) is 0. The maximum Gasteiger partial charge on any atom is 0.303 e. The van der Waals surface area contributed by atoms with Gasteiger partial charge in [-0.05, 0) is 17.2 Å². The minimum Gasteiger partial charge on any atom is -0.492 e. The Morgan fingerprint density at radius 1 is 0.963 bits per heavy atom. The van der Waals surface area contributed by atoms with Gasteiger partial charge in [0.05, 0.1) is 26.1 Å². The van der Waals surface area contributed by atoms with Gasteiger partial charge in [0.2, 0.25) is 0 Å². The summed E-state index contributed by atoms with van der Waals surface area (Å²) >= 11 is 0. The van der Waals surface area contributed by atoms with E-state index >= 15 is 0 Å². The maximum absolute atomic E-state index is 11.6. The summed E-state index contributed by atoms with van der Waals surface area (Å²) < 4.78 is 22.9. The van der Waals surface area contributed by atoms with Crippen LogP contribution < -0.4 is 0 Å². The molecule has 0 bridgehead atoms. The number of esters is 1. The standard InChI is InChI=1S/C22H24O5/c1-17(23)27-22-20(26-15-19-10-6-3-7-11-19)12-13-25-21(22)16-24-14-18-8-4-2-5-9-18/h2-13,20-22H,14-16H2,1H3/t20-,21?,22-/m1/s1. The van der Waals surface area contributed by atoms with Crippen LogP contribution in [0.2, 0.25) is 0 Å². The van der Waals surface area contributed by atoms with Crippen molar-refractivity contribution in [2.24, 2.45) is 0 Å². The van der Waals surface area contributed by atoms with E-state index in [2.05, 4.69) is 0 Å². The van der Waals surface area contributed by atoms with Gasteiger partial charge in [0.15, 0.2) is 12.2 Å². The smallest absolute Gasteiger partial charge is 0.303 e. The monoisotopic (exact) mass is 368 g/mol. The summed E-state index contributed by atoms with van der Waals surface area (Å²) in [4.78, 5) is 11.6. The second-order valence-electron chi connectivity index (χ2n) is 6.34. The highest BCUT2D eigenvalue weighted by atomic mass is 16.6. The quantitative estimate of drug-likeness (QED) is 0.666. The van der Waals surface area contributed by atoms with Crippen molar-refractivity contribution in [3.8, 4) is 0 Å². The van der Waals surface area contributed by atoms with Crippen molar-refractivity contribution in [2.45, 2.75) is 38.4 Å². The van der Waals surface area contributed by atoms with Gasteiger partial charge in [-0.2, -0.15) is 0 Å². The number of benzene rings is 2. The topological polar surface area (TPSA) is 54.0 Å². The lowest BCUT2D eigenvalue weighted by Crippen LogP contribution is -2.46. The SMILES string of the molecule is CC(=O)O[C@H]1C(COCc2ccccc2)OC=C[C@H]1OCc1ccccc1. The Bertz CT molecular complexity index is 729. The van der Waals surface area contributed by atoms with Gasteiger partial charge in [-0.1, -0.05) is 60.7 Å². The lowest BCUT2D eigenvalue weighted by Gasteiger charge is -2.33. The van der Waals surface area contributed by atoms with Crippen molar-refractivity contribution in [3.63, 3.8) is 0 Å². The van der Waals surface area contributed by atoms with Crippen molar-refractivity contribution in [1.29, 1.82) is 0 Å². The zero-order valence-electron chi connectivity index (χ0n) is 15.3. The summed E-state index contributed by atoms with van der Waals surface area (Å²) in [6, 6.07) is 19.7. The molecule has 1 heterocycles. The van der Waals surface area contributed by atoms with Crippen LogP contribution in [0.1, 0.15) is 18.1 Å². The van der Waals surface area contributed by atoms with E-state index in [0.29, 0.717) is 19.8 Å². The summed E-state index contributed by atoms with van der Waals surface area (Å²) in [7, 11) is 0. The van der Waals surface area contributed by atoms with Crippen molar-refractivity contribution in [3.05, 3.63) is 84.1 Å². The van der Waals surface area contributed by atoms with Gasteiger partial charge in [-0.3, -0.25) is 4.79 Å². The predicted octanol–water partition coefficient (Wildman–Crippen LogP) is 3.63. The highest BCUT2D eigenvalue weighted by Crippen LogP contribution is 2.21. The van der Waals surface area contributed by atoms with E-state index in [0.717, 1.165) is 11.1 Å². The van der Waals surface area contributed by atoms with E-state index in [-0.39, 0.29) is 5.97 Å². The first-order valence-electron chi connectivity index (χ1n) is 8.99. The normalized spacial score (nSPS) is 21.4. The zero-order chi connectivity index (χ0) is 18.9. The van der Waals surface area contributed by atoms with Crippen molar-refractivity contribution < 1.29 is 23.7 Å². The number of ether oxygens (including phenoxy) is 4. The van der Waals surface area contributed by atoms with Gasteiger partial charge in [-0.25, -0.2) is 0 Å². The van der Waals surface area contributed by atoms with Crippen LogP contribution in [0.25, 0.3) is 0 Å². The predicted molar refractivity (Wildman–Crippen MR) is 101 cm³/mol. The molecule has 3 atom stereocenters. The third kappa shape index (κ3) is 5.94. The highest BCUT2D eigenvalue weighted by molar-refractivity contribution is 5.66. The molecule has 5 nitrogen and oxygen atoms in total. The molecular weight excluding hydrogens is 344 g/mol. The van der Waals surface area contributed by atoms with Crippen molar-refractivity contribution >= 4 is 5.97 Å². The number of carbonyl (C=O) groups excluding carboxylic acids is 1. The highest BCUT2D eigenvalue weighted by Gasteiger charge is 2.36. The Hall–Kier alpha value is -2.63. The van der Waals surface area contributed by atoms with Gasteiger partial charge >= 0.3 is 5.97 Å². The Morgan fingerprint density at radius 2 is 1.59 bits per heavy atom. The molecule has 1 aliphatic rings. The molecule has 0 amide bonds. The fourth-order valence-electron chi connectivity index (χ4n) is 2.88. The van der Waals surface area contributed by atoms with Gasteiger partial charge < -0.3 is 18.9 Å². The third-order valence-electron chi connectivity index (χ3n) is 4.19. The van der Waals surface area contributed by atoms with E-state index in [1.54, 1.807) is 12.3 Å². The molecule has 0 radical (unpaired) electrons. The molecule has 5 heteroatoms. The Labute approximate surface area is 159 Å². The summed E-state index contributed by atoms with van der Waals surface area (Å²) in [6.07, 6.45) is 1.97. The average Bonchev–Trinajstić information content (AvgIpc) is 2.69. The van der Waals surface area contributed by atoms with Crippen LogP contribution >= 0.6 is 0 Å². The molecule has 0 saturated heterocycles. The first kappa shape index (κ1) is 19.1. The van der Waals surface area contributed by atoms with Crippen molar-refractivity contribution in [1.82, 2.24) is 0 Å². The van der Waals surface area contributed by atoms with E-state index in [1.807, 2.05) is 60.7 Å². The molecule has 1 aliphatic heterocycles. The zero-order valence-corrected chi connectivity index (χ0v) is 15.3. The summed E-state index contributed by atoms with van der Waals surface area (Å²) in [5.41, 5.74) is 2.13. The summed E-state index contributed by atoms with van der Waals surface area (Å²) in [5.74, 6) is -0.375. The maximum atomic E-state index is 11.6. The van der Waals surface area contributed by atoms with Gasteiger partial charge in [0.1, 0.15) is 6.10 Å². The molecule has 0 spiro atoms. The van der Waals surface area contributed by atoms with Crippen molar-refractivity contribution in [2.75, 3.05) is 6.61 Å². The number of hydrogen-bond acceptors (Lipinski definition) is 5. The fraction of sp³-hybridized carbons (Fsp3) is 0.318. The molecule has 3 rings (SSSR count). The second kappa shape index (κ2) is 9.90. The first-order chi connectivity index (χ1) is 13.2. The van der Waals surface area contributed by atoms with Gasteiger partial charge in [0.25, 0.3) is 0 Å². The Morgan fingerprint density at radius 3 is 2.22 bits per heavy atom. The molecule has 0 saturated carbocycles.